The Morgan fingerprint density at radius 2 is 2.32 bits per heavy atom. The number of hydrogen-bond donors (Lipinski definition) is 2. The molecule has 0 aliphatic carbocycles. The molecule has 1 aliphatic rings. The van der Waals surface area contributed by atoms with Crippen molar-refractivity contribution in [1.29, 1.82) is 0 Å². The van der Waals surface area contributed by atoms with Gasteiger partial charge in [0.1, 0.15) is 0 Å². The molecule has 2 aromatic heterocycles. The van der Waals surface area contributed by atoms with Crippen molar-refractivity contribution >= 4 is 39.7 Å². The van der Waals surface area contributed by atoms with E-state index in [-0.39, 0.29) is 17.8 Å². The Balaban J connectivity index is 1.59. The molecule has 2 N–H and O–H groups in total. The highest BCUT2D eigenvalue weighted by Crippen LogP contribution is 2.24. The smallest absolute Gasteiger partial charge is 0.258 e. The number of fused-ring (bicyclic) bond motifs is 2. The van der Waals surface area contributed by atoms with Crippen molar-refractivity contribution in [3.05, 3.63) is 40.4 Å². The van der Waals surface area contributed by atoms with Crippen molar-refractivity contribution in [3.63, 3.8) is 0 Å². The number of hydrogen-bond acceptors (Lipinski definition) is 5. The molecule has 3 heterocycles. The van der Waals surface area contributed by atoms with Crippen LogP contribution in [-0.4, -0.2) is 26.4 Å². The minimum Gasteiger partial charge on any atom is -0.326 e. The van der Waals surface area contributed by atoms with Gasteiger partial charge in [-0.1, -0.05) is 0 Å². The Morgan fingerprint density at radius 1 is 1.45 bits per heavy atom. The quantitative estimate of drug-likeness (QED) is 0.755. The second kappa shape index (κ2) is 4.63. The molecule has 0 saturated carbocycles. The van der Waals surface area contributed by atoms with Crippen LogP contribution in [-0.2, 0) is 11.2 Å². The predicted octanol–water partition coefficient (Wildman–Crippen LogP) is 1.85. The zero-order valence-electron chi connectivity index (χ0n) is 11.6. The molecule has 0 unspecified atom stereocenters. The minimum atomic E-state index is -0.293. The Kier molecular flexibility index (Phi) is 2.73. The first-order valence-electron chi connectivity index (χ1n) is 6.65. The summed E-state index contributed by atoms with van der Waals surface area (Å²) in [6, 6.07) is 5.12. The summed E-state index contributed by atoms with van der Waals surface area (Å²) in [7, 11) is 0. The van der Waals surface area contributed by atoms with Gasteiger partial charge in [-0.25, -0.2) is 4.52 Å². The van der Waals surface area contributed by atoms with Crippen LogP contribution in [0.1, 0.15) is 21.6 Å². The second-order valence-electron chi connectivity index (χ2n) is 5.06. The molecule has 110 valence electrons. The first kappa shape index (κ1) is 13.0. The molecule has 0 radical (unpaired) electrons. The van der Waals surface area contributed by atoms with E-state index in [1.807, 2.05) is 12.3 Å². The van der Waals surface area contributed by atoms with Crippen LogP contribution in [0.3, 0.4) is 0 Å². The van der Waals surface area contributed by atoms with Crippen molar-refractivity contribution in [3.8, 4) is 0 Å². The molecule has 0 saturated heterocycles. The van der Waals surface area contributed by atoms with Crippen LogP contribution in [0.2, 0.25) is 0 Å². The Morgan fingerprint density at radius 3 is 3.14 bits per heavy atom. The fourth-order valence-electron chi connectivity index (χ4n) is 2.39. The van der Waals surface area contributed by atoms with Gasteiger partial charge in [0.15, 0.2) is 0 Å². The number of aryl methyl sites for hydroxylation is 1. The van der Waals surface area contributed by atoms with E-state index in [1.54, 1.807) is 22.7 Å². The maximum Gasteiger partial charge on any atom is 0.258 e. The molecule has 4 rings (SSSR count). The van der Waals surface area contributed by atoms with Gasteiger partial charge in [0.25, 0.3) is 11.9 Å². The van der Waals surface area contributed by atoms with Crippen LogP contribution < -0.4 is 10.6 Å². The zero-order chi connectivity index (χ0) is 15.3. The van der Waals surface area contributed by atoms with Crippen LogP contribution in [0, 0.1) is 6.92 Å². The molecular weight excluding hydrogens is 302 g/mol. The van der Waals surface area contributed by atoms with E-state index in [0.717, 1.165) is 21.9 Å². The lowest BCUT2D eigenvalue weighted by Crippen LogP contribution is -2.13. The molecule has 0 bridgehead atoms. The molecule has 1 aliphatic heterocycles. The second-order valence-corrected chi connectivity index (χ2v) is 5.89. The number of amides is 2. The number of benzene rings is 1. The van der Waals surface area contributed by atoms with E-state index < -0.39 is 0 Å². The number of rotatable bonds is 2. The molecule has 22 heavy (non-hydrogen) atoms. The lowest BCUT2D eigenvalue weighted by atomic mass is 10.1. The topological polar surface area (TPSA) is 88.4 Å². The predicted molar refractivity (Wildman–Crippen MR) is 82.3 cm³/mol. The standard InChI is InChI=1S/C14H11N5O2S/c1-7-6-22-14-17-13(18-19(7)14)16-12(21)8-2-3-10-9(4-8)5-11(20)15-10/h2-4,6H,5H2,1H3,(H,15,20)(H,16,18,21). The van der Waals surface area contributed by atoms with Gasteiger partial charge in [0, 0.05) is 16.6 Å². The van der Waals surface area contributed by atoms with Crippen molar-refractivity contribution in [2.24, 2.45) is 0 Å². The number of nitrogens with zero attached hydrogens (tertiary/aromatic N) is 3. The maximum atomic E-state index is 12.3. The minimum absolute atomic E-state index is 0.0564. The average molecular weight is 313 g/mol. The molecule has 0 fully saturated rings. The summed E-state index contributed by atoms with van der Waals surface area (Å²) < 4.78 is 1.69. The summed E-state index contributed by atoms with van der Waals surface area (Å²) in [4.78, 5) is 28.6. The van der Waals surface area contributed by atoms with Crippen LogP contribution in [0.4, 0.5) is 11.6 Å². The highest BCUT2D eigenvalue weighted by Gasteiger charge is 2.19. The summed E-state index contributed by atoms with van der Waals surface area (Å²) in [5, 5.41) is 11.6. The average Bonchev–Trinajstić information content (AvgIpc) is 3.13. The van der Waals surface area contributed by atoms with E-state index >= 15 is 0 Å². The van der Waals surface area contributed by atoms with Gasteiger partial charge in [0.05, 0.1) is 12.1 Å². The lowest BCUT2D eigenvalue weighted by molar-refractivity contribution is -0.115. The monoisotopic (exact) mass is 313 g/mol. The van der Waals surface area contributed by atoms with Crippen molar-refractivity contribution in [2.75, 3.05) is 10.6 Å². The first-order valence-corrected chi connectivity index (χ1v) is 7.53. The van der Waals surface area contributed by atoms with E-state index in [2.05, 4.69) is 20.7 Å². The molecule has 8 heteroatoms. The van der Waals surface area contributed by atoms with E-state index in [1.165, 1.54) is 11.3 Å². The summed E-state index contributed by atoms with van der Waals surface area (Å²) in [6.45, 7) is 1.92. The molecule has 7 nitrogen and oxygen atoms in total. The van der Waals surface area contributed by atoms with Gasteiger partial charge in [-0.2, -0.15) is 4.98 Å². The normalized spacial score (nSPS) is 13.2. The van der Waals surface area contributed by atoms with Crippen LogP contribution in [0.5, 0.6) is 0 Å². The summed E-state index contributed by atoms with van der Waals surface area (Å²) in [5.74, 6) is -0.0771. The third kappa shape index (κ3) is 2.04. The molecule has 2 amide bonds. The van der Waals surface area contributed by atoms with Gasteiger partial charge in [-0.15, -0.1) is 16.4 Å². The zero-order valence-corrected chi connectivity index (χ0v) is 12.4. The van der Waals surface area contributed by atoms with Gasteiger partial charge in [-0.3, -0.25) is 14.9 Å². The van der Waals surface area contributed by atoms with Gasteiger partial charge in [0.2, 0.25) is 10.9 Å². The molecular formula is C14H11N5O2S. The largest absolute Gasteiger partial charge is 0.326 e. The van der Waals surface area contributed by atoms with Crippen LogP contribution >= 0.6 is 11.3 Å². The van der Waals surface area contributed by atoms with Crippen molar-refractivity contribution < 1.29 is 9.59 Å². The van der Waals surface area contributed by atoms with Crippen molar-refractivity contribution in [1.82, 2.24) is 14.6 Å². The molecule has 0 spiro atoms. The number of thiazole rings is 1. The fraction of sp³-hybridized carbons (Fsp3) is 0.143. The van der Waals surface area contributed by atoms with Gasteiger partial charge in [-0.05, 0) is 30.7 Å². The first-order chi connectivity index (χ1) is 10.6. The number of carbonyl (C=O) groups is 2. The van der Waals surface area contributed by atoms with E-state index in [0.29, 0.717) is 12.0 Å². The Bertz CT molecular complexity index is 927. The van der Waals surface area contributed by atoms with E-state index in [9.17, 15) is 9.59 Å². The van der Waals surface area contributed by atoms with Crippen LogP contribution in [0.25, 0.3) is 4.96 Å². The van der Waals surface area contributed by atoms with Gasteiger partial charge >= 0.3 is 0 Å². The lowest BCUT2D eigenvalue weighted by Gasteiger charge is -2.03. The summed E-state index contributed by atoms with van der Waals surface area (Å²) in [5.41, 5.74) is 3.03. The highest BCUT2D eigenvalue weighted by atomic mass is 32.1. The third-order valence-electron chi connectivity index (χ3n) is 3.46. The Labute approximate surface area is 129 Å². The molecule has 3 aromatic rings. The number of anilines is 2. The number of carbonyl (C=O) groups excluding carboxylic acids is 2. The highest BCUT2D eigenvalue weighted by molar-refractivity contribution is 7.15. The summed E-state index contributed by atoms with van der Waals surface area (Å²) in [6.07, 6.45) is 0.300. The molecule has 0 atom stereocenters. The summed E-state index contributed by atoms with van der Waals surface area (Å²) >= 11 is 1.47. The number of nitrogens with one attached hydrogen (secondary N) is 2. The van der Waals surface area contributed by atoms with Crippen LogP contribution in [0.15, 0.2) is 23.6 Å². The Hall–Kier alpha value is -2.74. The maximum absolute atomic E-state index is 12.3. The van der Waals surface area contributed by atoms with Crippen molar-refractivity contribution in [2.45, 2.75) is 13.3 Å². The fourth-order valence-corrected chi connectivity index (χ4v) is 3.19. The molecule has 1 aromatic carbocycles. The van der Waals surface area contributed by atoms with E-state index in [4.69, 9.17) is 0 Å². The SMILES string of the molecule is Cc1csc2nc(NC(=O)c3ccc4c(c3)CC(=O)N4)nn12. The van der Waals surface area contributed by atoms with Gasteiger partial charge < -0.3 is 5.32 Å². The third-order valence-corrected chi connectivity index (χ3v) is 4.40. The number of aromatic nitrogens is 3.